The van der Waals surface area contributed by atoms with Gasteiger partial charge in [-0.15, -0.1) is 0 Å². The highest BCUT2D eigenvalue weighted by molar-refractivity contribution is 5.97. The fourth-order valence-electron chi connectivity index (χ4n) is 2.08. The molecule has 0 aliphatic carbocycles. The number of ether oxygens (including phenoxy) is 1. The first kappa shape index (κ1) is 18.1. The molecule has 2 rings (SSSR count). The van der Waals surface area contributed by atoms with Gasteiger partial charge in [0.15, 0.2) is 12.4 Å². The standard InChI is InChI=1S/C18H17FN2O4/c1-11(22)16-9-13(19)3-8-17(16)25-10-18(24)21-15-6-4-14(5-7-15)20-12(2)23/h3-9H,10H2,1-2H3,(H,20,23)(H,21,24). The molecule has 0 aromatic heterocycles. The van der Waals surface area contributed by atoms with Gasteiger partial charge in [-0.1, -0.05) is 0 Å². The van der Waals surface area contributed by atoms with Crippen molar-refractivity contribution in [3.8, 4) is 5.75 Å². The molecule has 0 aliphatic rings. The number of ketones is 1. The van der Waals surface area contributed by atoms with Gasteiger partial charge < -0.3 is 15.4 Å². The van der Waals surface area contributed by atoms with Gasteiger partial charge in [-0.25, -0.2) is 4.39 Å². The summed E-state index contributed by atoms with van der Waals surface area (Å²) in [7, 11) is 0. The lowest BCUT2D eigenvalue weighted by molar-refractivity contribution is -0.118. The maximum atomic E-state index is 13.2. The molecule has 0 bridgehead atoms. The van der Waals surface area contributed by atoms with Gasteiger partial charge in [0, 0.05) is 18.3 Å². The van der Waals surface area contributed by atoms with Crippen molar-refractivity contribution in [2.24, 2.45) is 0 Å². The van der Waals surface area contributed by atoms with E-state index in [9.17, 15) is 18.8 Å². The summed E-state index contributed by atoms with van der Waals surface area (Å²) in [6.07, 6.45) is 0. The van der Waals surface area contributed by atoms with E-state index >= 15 is 0 Å². The third-order valence-corrected chi connectivity index (χ3v) is 3.17. The molecule has 2 amide bonds. The van der Waals surface area contributed by atoms with Crippen LogP contribution in [-0.4, -0.2) is 24.2 Å². The quantitative estimate of drug-likeness (QED) is 0.789. The zero-order valence-corrected chi connectivity index (χ0v) is 13.8. The zero-order valence-electron chi connectivity index (χ0n) is 13.8. The first-order valence-corrected chi connectivity index (χ1v) is 7.46. The fourth-order valence-corrected chi connectivity index (χ4v) is 2.08. The van der Waals surface area contributed by atoms with E-state index in [0.29, 0.717) is 11.4 Å². The highest BCUT2D eigenvalue weighted by Gasteiger charge is 2.12. The number of anilines is 2. The molecule has 7 heteroatoms. The average molecular weight is 344 g/mol. The number of amides is 2. The Morgan fingerprint density at radius 3 is 2.12 bits per heavy atom. The molecule has 130 valence electrons. The second-order valence-corrected chi connectivity index (χ2v) is 5.29. The number of hydrogen-bond acceptors (Lipinski definition) is 4. The minimum atomic E-state index is -0.554. The zero-order chi connectivity index (χ0) is 18.4. The van der Waals surface area contributed by atoms with Crippen molar-refractivity contribution in [2.45, 2.75) is 13.8 Å². The van der Waals surface area contributed by atoms with Crippen molar-refractivity contribution in [3.63, 3.8) is 0 Å². The summed E-state index contributed by atoms with van der Waals surface area (Å²) in [6, 6.07) is 10.1. The highest BCUT2D eigenvalue weighted by atomic mass is 19.1. The van der Waals surface area contributed by atoms with Gasteiger partial charge in [0.25, 0.3) is 5.91 Å². The molecule has 0 heterocycles. The molecule has 25 heavy (non-hydrogen) atoms. The lowest BCUT2D eigenvalue weighted by Gasteiger charge is -2.10. The lowest BCUT2D eigenvalue weighted by atomic mass is 10.1. The number of rotatable bonds is 6. The summed E-state index contributed by atoms with van der Waals surface area (Å²) in [5.41, 5.74) is 1.21. The van der Waals surface area contributed by atoms with Gasteiger partial charge in [0.1, 0.15) is 11.6 Å². The van der Waals surface area contributed by atoms with Crippen LogP contribution in [0.25, 0.3) is 0 Å². The Morgan fingerprint density at radius 1 is 0.960 bits per heavy atom. The summed E-state index contributed by atoms with van der Waals surface area (Å²) in [5.74, 6) is -1.40. The third kappa shape index (κ3) is 5.42. The van der Waals surface area contributed by atoms with Crippen molar-refractivity contribution in [1.82, 2.24) is 0 Å². The van der Waals surface area contributed by atoms with Crippen molar-refractivity contribution < 1.29 is 23.5 Å². The molecule has 0 fully saturated rings. The van der Waals surface area contributed by atoms with Crippen LogP contribution < -0.4 is 15.4 Å². The summed E-state index contributed by atoms with van der Waals surface area (Å²) in [5, 5.41) is 5.23. The molecule has 0 atom stereocenters. The molecule has 0 spiro atoms. The number of Topliss-reactive ketones (excluding diaryl/α,β-unsaturated/α-hetero) is 1. The van der Waals surface area contributed by atoms with E-state index in [1.54, 1.807) is 24.3 Å². The van der Waals surface area contributed by atoms with E-state index in [-0.39, 0.29) is 29.6 Å². The van der Waals surface area contributed by atoms with Gasteiger partial charge in [-0.3, -0.25) is 14.4 Å². The Bertz CT molecular complexity index is 803. The molecular formula is C18H17FN2O4. The van der Waals surface area contributed by atoms with Crippen LogP contribution in [0.2, 0.25) is 0 Å². The second-order valence-electron chi connectivity index (χ2n) is 5.29. The van der Waals surface area contributed by atoms with Crippen molar-refractivity contribution in [1.29, 1.82) is 0 Å². The Labute approximate surface area is 144 Å². The molecular weight excluding hydrogens is 327 g/mol. The molecule has 2 N–H and O–H groups in total. The Morgan fingerprint density at radius 2 is 1.56 bits per heavy atom. The maximum Gasteiger partial charge on any atom is 0.262 e. The summed E-state index contributed by atoms with van der Waals surface area (Å²) in [4.78, 5) is 34.4. The van der Waals surface area contributed by atoms with E-state index in [2.05, 4.69) is 10.6 Å². The van der Waals surface area contributed by atoms with Gasteiger partial charge in [-0.05, 0) is 49.4 Å². The number of carbonyl (C=O) groups excluding carboxylic acids is 3. The lowest BCUT2D eigenvalue weighted by Crippen LogP contribution is -2.20. The van der Waals surface area contributed by atoms with Crippen LogP contribution in [0.4, 0.5) is 15.8 Å². The van der Waals surface area contributed by atoms with Crippen molar-refractivity contribution >= 4 is 29.0 Å². The van der Waals surface area contributed by atoms with E-state index in [4.69, 9.17) is 4.74 Å². The molecule has 2 aromatic carbocycles. The first-order chi connectivity index (χ1) is 11.8. The topological polar surface area (TPSA) is 84.5 Å². The van der Waals surface area contributed by atoms with E-state index in [0.717, 1.165) is 12.1 Å². The van der Waals surface area contributed by atoms with E-state index in [1.165, 1.54) is 19.9 Å². The average Bonchev–Trinajstić information content (AvgIpc) is 2.55. The Hall–Kier alpha value is -3.22. The fraction of sp³-hybridized carbons (Fsp3) is 0.167. The summed E-state index contributed by atoms with van der Waals surface area (Å²) >= 11 is 0. The summed E-state index contributed by atoms with van der Waals surface area (Å²) in [6.45, 7) is 2.36. The molecule has 2 aromatic rings. The molecule has 0 unspecified atom stereocenters. The summed E-state index contributed by atoms with van der Waals surface area (Å²) < 4.78 is 18.5. The van der Waals surface area contributed by atoms with Gasteiger partial charge in [-0.2, -0.15) is 0 Å². The van der Waals surface area contributed by atoms with Gasteiger partial charge in [0.2, 0.25) is 5.91 Å². The van der Waals surface area contributed by atoms with E-state index in [1.807, 2.05) is 0 Å². The van der Waals surface area contributed by atoms with Crippen LogP contribution in [0.1, 0.15) is 24.2 Å². The van der Waals surface area contributed by atoms with Crippen LogP contribution >= 0.6 is 0 Å². The second kappa shape index (κ2) is 8.05. The predicted molar refractivity (Wildman–Crippen MR) is 91.3 cm³/mol. The normalized spacial score (nSPS) is 10.0. The number of benzene rings is 2. The first-order valence-electron chi connectivity index (χ1n) is 7.46. The largest absolute Gasteiger partial charge is 0.483 e. The van der Waals surface area contributed by atoms with Crippen LogP contribution in [0.5, 0.6) is 5.75 Å². The van der Waals surface area contributed by atoms with Gasteiger partial charge in [0.05, 0.1) is 5.56 Å². The molecule has 0 radical (unpaired) electrons. The number of halogens is 1. The molecule has 6 nitrogen and oxygen atoms in total. The van der Waals surface area contributed by atoms with Crippen LogP contribution in [0.15, 0.2) is 42.5 Å². The molecule has 0 aliphatic heterocycles. The number of hydrogen-bond donors (Lipinski definition) is 2. The van der Waals surface area contributed by atoms with Crippen LogP contribution in [0, 0.1) is 5.82 Å². The maximum absolute atomic E-state index is 13.2. The van der Waals surface area contributed by atoms with Crippen LogP contribution in [-0.2, 0) is 9.59 Å². The predicted octanol–water partition coefficient (Wildman–Crippen LogP) is 3.00. The molecule has 0 saturated heterocycles. The Kier molecular flexibility index (Phi) is 5.84. The van der Waals surface area contributed by atoms with E-state index < -0.39 is 11.7 Å². The monoisotopic (exact) mass is 344 g/mol. The molecule has 0 saturated carbocycles. The SMILES string of the molecule is CC(=O)Nc1ccc(NC(=O)COc2ccc(F)cc2C(C)=O)cc1. The Balaban J connectivity index is 1.95. The van der Waals surface area contributed by atoms with Gasteiger partial charge >= 0.3 is 0 Å². The van der Waals surface area contributed by atoms with Crippen LogP contribution in [0.3, 0.4) is 0 Å². The number of carbonyl (C=O) groups is 3. The highest BCUT2D eigenvalue weighted by Crippen LogP contribution is 2.20. The minimum absolute atomic E-state index is 0.0764. The number of nitrogens with one attached hydrogen (secondary N) is 2. The smallest absolute Gasteiger partial charge is 0.262 e. The van der Waals surface area contributed by atoms with Crippen molar-refractivity contribution in [2.75, 3.05) is 17.2 Å². The van der Waals surface area contributed by atoms with Crippen molar-refractivity contribution in [3.05, 3.63) is 53.8 Å². The minimum Gasteiger partial charge on any atom is -0.483 e. The third-order valence-electron chi connectivity index (χ3n) is 3.17.